The Labute approximate surface area is 91.2 Å². The molecule has 0 fully saturated rings. The molecule has 4 heteroatoms. The van der Waals surface area contributed by atoms with Crippen molar-refractivity contribution in [3.63, 3.8) is 0 Å². The molecular weight excluding hydrogens is 246 g/mol. The van der Waals surface area contributed by atoms with Crippen LogP contribution in [0.5, 0.6) is 0 Å². The number of furan rings is 1. The minimum Gasteiger partial charge on any atom is -0.453 e. The maximum atomic E-state index is 11.7. The van der Waals surface area contributed by atoms with E-state index in [1.165, 1.54) is 0 Å². The first-order valence-corrected chi connectivity index (χ1v) is 5.44. The number of fused-ring (bicyclic) bond motifs is 1. The predicted octanol–water partition coefficient (Wildman–Crippen LogP) is 2.34. The van der Waals surface area contributed by atoms with Crippen molar-refractivity contribution in [3.8, 4) is 0 Å². The summed E-state index contributed by atoms with van der Waals surface area (Å²) in [6, 6.07) is 2.20. The van der Waals surface area contributed by atoms with Gasteiger partial charge in [0, 0.05) is 18.2 Å². The number of hydrogen-bond acceptors (Lipinski definition) is 2. The van der Waals surface area contributed by atoms with Crippen molar-refractivity contribution in [2.24, 2.45) is 0 Å². The van der Waals surface area contributed by atoms with Crippen molar-refractivity contribution in [1.82, 2.24) is 4.90 Å². The molecule has 1 amide bonds. The highest BCUT2D eigenvalue weighted by Gasteiger charge is 2.27. The zero-order valence-corrected chi connectivity index (χ0v) is 9.80. The summed E-state index contributed by atoms with van der Waals surface area (Å²) in [6.07, 6.45) is 0.388. The molecule has 1 aromatic heterocycles. The van der Waals surface area contributed by atoms with Gasteiger partial charge in [-0.3, -0.25) is 4.79 Å². The topological polar surface area (TPSA) is 33.5 Å². The molecule has 0 atom stereocenters. The largest absolute Gasteiger partial charge is 0.453 e. The summed E-state index contributed by atoms with van der Waals surface area (Å²) >= 11 is 3.27. The van der Waals surface area contributed by atoms with Crippen molar-refractivity contribution >= 4 is 21.8 Å². The van der Waals surface area contributed by atoms with Gasteiger partial charge >= 0.3 is 0 Å². The second kappa shape index (κ2) is 3.42. The second-order valence-electron chi connectivity index (χ2n) is 3.79. The number of amides is 1. The van der Waals surface area contributed by atoms with Gasteiger partial charge in [0.05, 0.1) is 6.42 Å². The van der Waals surface area contributed by atoms with Crippen LogP contribution in [0.25, 0.3) is 0 Å². The average molecular weight is 258 g/mol. The van der Waals surface area contributed by atoms with Gasteiger partial charge in [0.1, 0.15) is 5.76 Å². The van der Waals surface area contributed by atoms with E-state index in [0.29, 0.717) is 17.6 Å². The van der Waals surface area contributed by atoms with Crippen LogP contribution in [0.2, 0.25) is 0 Å². The molecule has 0 unspecified atom stereocenters. The van der Waals surface area contributed by atoms with E-state index in [2.05, 4.69) is 15.9 Å². The first-order chi connectivity index (χ1) is 6.58. The molecule has 1 aliphatic rings. The summed E-state index contributed by atoms with van der Waals surface area (Å²) in [5.74, 6) is 0.952. The molecule has 2 rings (SSSR count). The summed E-state index contributed by atoms with van der Waals surface area (Å²) in [5, 5.41) is 0. The standard InChI is InChI=1S/C10H12BrNO2/c1-6(2)12-5-7-3-9(11)14-8(7)4-10(12)13/h3,6H,4-5H2,1-2H3. The van der Waals surface area contributed by atoms with Crippen LogP contribution in [0.3, 0.4) is 0 Å². The van der Waals surface area contributed by atoms with E-state index in [9.17, 15) is 4.79 Å². The summed E-state index contributed by atoms with van der Waals surface area (Å²) in [5.41, 5.74) is 1.12. The molecule has 3 nitrogen and oxygen atoms in total. The number of carbonyl (C=O) groups excluding carboxylic acids is 1. The van der Waals surface area contributed by atoms with Gasteiger partial charge in [0.2, 0.25) is 5.91 Å². The molecule has 0 radical (unpaired) electrons. The Kier molecular flexibility index (Phi) is 2.39. The van der Waals surface area contributed by atoms with Crippen molar-refractivity contribution in [2.75, 3.05) is 0 Å². The van der Waals surface area contributed by atoms with Gasteiger partial charge in [-0.25, -0.2) is 0 Å². The summed E-state index contributed by atoms with van der Waals surface area (Å²) < 4.78 is 6.08. The fourth-order valence-corrected chi connectivity index (χ4v) is 2.17. The highest BCUT2D eigenvalue weighted by Crippen LogP contribution is 2.27. The van der Waals surface area contributed by atoms with Crippen molar-refractivity contribution in [1.29, 1.82) is 0 Å². The second-order valence-corrected chi connectivity index (χ2v) is 4.57. The van der Waals surface area contributed by atoms with E-state index >= 15 is 0 Å². The maximum absolute atomic E-state index is 11.7. The number of carbonyl (C=O) groups is 1. The van der Waals surface area contributed by atoms with Crippen LogP contribution >= 0.6 is 15.9 Å². The highest BCUT2D eigenvalue weighted by atomic mass is 79.9. The van der Waals surface area contributed by atoms with Gasteiger partial charge in [0.15, 0.2) is 4.67 Å². The molecule has 2 heterocycles. The molecule has 0 aliphatic carbocycles. The molecule has 0 aromatic carbocycles. The Hall–Kier alpha value is -0.770. The third kappa shape index (κ3) is 1.59. The van der Waals surface area contributed by atoms with E-state index in [1.807, 2.05) is 24.8 Å². The van der Waals surface area contributed by atoms with Crippen LogP contribution in [0.4, 0.5) is 0 Å². The molecule has 1 aromatic rings. The number of hydrogen-bond donors (Lipinski definition) is 0. The monoisotopic (exact) mass is 257 g/mol. The quantitative estimate of drug-likeness (QED) is 0.774. The van der Waals surface area contributed by atoms with Crippen LogP contribution in [-0.4, -0.2) is 16.8 Å². The van der Waals surface area contributed by atoms with E-state index in [0.717, 1.165) is 11.3 Å². The Morgan fingerprint density at radius 2 is 2.29 bits per heavy atom. The number of rotatable bonds is 1. The molecule has 0 N–H and O–H groups in total. The maximum Gasteiger partial charge on any atom is 0.230 e. The van der Waals surface area contributed by atoms with Crippen molar-refractivity contribution < 1.29 is 9.21 Å². The van der Waals surface area contributed by atoms with Crippen LogP contribution < -0.4 is 0 Å². The summed E-state index contributed by atoms with van der Waals surface area (Å²) in [4.78, 5) is 13.5. The zero-order valence-electron chi connectivity index (χ0n) is 8.21. The van der Waals surface area contributed by atoms with Gasteiger partial charge in [-0.15, -0.1) is 0 Å². The van der Waals surface area contributed by atoms with Gasteiger partial charge in [-0.05, 0) is 35.8 Å². The van der Waals surface area contributed by atoms with E-state index in [4.69, 9.17) is 4.42 Å². The predicted molar refractivity (Wildman–Crippen MR) is 55.8 cm³/mol. The molecular formula is C10H12BrNO2. The SMILES string of the molecule is CC(C)N1Cc2cc(Br)oc2CC1=O. The Morgan fingerprint density at radius 3 is 2.93 bits per heavy atom. The Bertz CT molecular complexity index is 370. The van der Waals surface area contributed by atoms with Crippen LogP contribution in [0.1, 0.15) is 25.2 Å². The first-order valence-electron chi connectivity index (χ1n) is 4.64. The molecule has 0 saturated carbocycles. The fraction of sp³-hybridized carbons (Fsp3) is 0.500. The lowest BCUT2D eigenvalue weighted by Crippen LogP contribution is -2.40. The lowest BCUT2D eigenvalue weighted by atomic mass is 10.1. The van der Waals surface area contributed by atoms with Crippen LogP contribution in [0, 0.1) is 0 Å². The average Bonchev–Trinajstić information content (AvgIpc) is 2.42. The lowest BCUT2D eigenvalue weighted by molar-refractivity contribution is -0.134. The van der Waals surface area contributed by atoms with Crippen LogP contribution in [-0.2, 0) is 17.8 Å². The van der Waals surface area contributed by atoms with E-state index in [-0.39, 0.29) is 11.9 Å². The Morgan fingerprint density at radius 1 is 1.57 bits per heavy atom. The van der Waals surface area contributed by atoms with Gasteiger partial charge < -0.3 is 9.32 Å². The molecule has 0 bridgehead atoms. The number of halogens is 1. The highest BCUT2D eigenvalue weighted by molar-refractivity contribution is 9.10. The molecule has 0 saturated heterocycles. The minimum atomic E-state index is 0.148. The first kappa shape index (κ1) is 9.77. The fourth-order valence-electron chi connectivity index (χ4n) is 1.69. The molecule has 0 spiro atoms. The summed E-state index contributed by atoms with van der Waals surface area (Å²) in [7, 11) is 0. The zero-order chi connectivity index (χ0) is 10.3. The minimum absolute atomic E-state index is 0.148. The third-order valence-electron chi connectivity index (χ3n) is 2.46. The van der Waals surface area contributed by atoms with Gasteiger partial charge in [-0.1, -0.05) is 0 Å². The van der Waals surface area contributed by atoms with Gasteiger partial charge in [0.25, 0.3) is 0 Å². The Balaban J connectivity index is 2.30. The molecule has 76 valence electrons. The number of nitrogens with zero attached hydrogens (tertiary/aromatic N) is 1. The molecule has 1 aliphatic heterocycles. The van der Waals surface area contributed by atoms with Crippen molar-refractivity contribution in [2.45, 2.75) is 32.9 Å². The van der Waals surface area contributed by atoms with Gasteiger partial charge in [-0.2, -0.15) is 0 Å². The smallest absolute Gasteiger partial charge is 0.230 e. The normalized spacial score (nSPS) is 16.3. The lowest BCUT2D eigenvalue weighted by Gasteiger charge is -2.29. The summed E-state index contributed by atoms with van der Waals surface area (Å²) in [6.45, 7) is 4.72. The third-order valence-corrected chi connectivity index (χ3v) is 2.85. The van der Waals surface area contributed by atoms with Crippen molar-refractivity contribution in [3.05, 3.63) is 22.1 Å². The van der Waals surface area contributed by atoms with E-state index < -0.39 is 0 Å². The molecule has 14 heavy (non-hydrogen) atoms. The van der Waals surface area contributed by atoms with E-state index in [1.54, 1.807) is 0 Å². The van der Waals surface area contributed by atoms with Crippen LogP contribution in [0.15, 0.2) is 15.2 Å².